The Kier molecular flexibility index (Phi) is 5.74. The standard InChI is InChI=1S/C17H23N3O2S/c1-4-8-17(3,11-21)20-16(22)19-14-7-5-6-13(9-14)15-18-12(2)10-23-15/h5-7,9-10,21H,4,8,11H2,1-3H3,(H2,19,20,22). The smallest absolute Gasteiger partial charge is 0.319 e. The van der Waals surface area contributed by atoms with Crippen LogP contribution in [0.4, 0.5) is 10.5 Å². The van der Waals surface area contributed by atoms with Crippen LogP contribution in [0.2, 0.25) is 0 Å². The molecule has 0 saturated heterocycles. The van der Waals surface area contributed by atoms with Crippen molar-refractivity contribution < 1.29 is 9.90 Å². The number of urea groups is 1. The third-order valence-electron chi connectivity index (χ3n) is 3.55. The van der Waals surface area contributed by atoms with Crippen molar-refractivity contribution in [2.24, 2.45) is 0 Å². The predicted octanol–water partition coefficient (Wildman–Crippen LogP) is 3.79. The van der Waals surface area contributed by atoms with Gasteiger partial charge in [0.1, 0.15) is 5.01 Å². The molecular weight excluding hydrogens is 310 g/mol. The van der Waals surface area contributed by atoms with Crippen LogP contribution in [-0.4, -0.2) is 28.3 Å². The second-order valence-corrected chi connectivity index (χ2v) is 6.78. The molecule has 1 unspecified atom stereocenters. The SMILES string of the molecule is CCCC(C)(CO)NC(=O)Nc1cccc(-c2nc(C)cs2)c1. The topological polar surface area (TPSA) is 74.2 Å². The molecule has 1 heterocycles. The van der Waals surface area contributed by atoms with Gasteiger partial charge in [-0.1, -0.05) is 25.5 Å². The zero-order valence-electron chi connectivity index (χ0n) is 13.7. The van der Waals surface area contributed by atoms with E-state index in [4.69, 9.17) is 0 Å². The van der Waals surface area contributed by atoms with Crippen molar-refractivity contribution >= 4 is 23.1 Å². The van der Waals surface area contributed by atoms with Gasteiger partial charge in [-0.2, -0.15) is 0 Å². The van der Waals surface area contributed by atoms with E-state index in [2.05, 4.69) is 15.6 Å². The minimum Gasteiger partial charge on any atom is -0.394 e. The third-order valence-corrected chi connectivity index (χ3v) is 4.56. The molecule has 0 radical (unpaired) electrons. The number of nitrogens with zero attached hydrogens (tertiary/aromatic N) is 1. The van der Waals surface area contributed by atoms with E-state index < -0.39 is 5.54 Å². The van der Waals surface area contributed by atoms with Gasteiger partial charge in [0.15, 0.2) is 0 Å². The first-order chi connectivity index (χ1) is 11.0. The molecule has 0 fully saturated rings. The summed E-state index contributed by atoms with van der Waals surface area (Å²) in [7, 11) is 0. The lowest BCUT2D eigenvalue weighted by atomic mass is 9.98. The summed E-state index contributed by atoms with van der Waals surface area (Å²) >= 11 is 1.58. The number of anilines is 1. The molecule has 2 aromatic rings. The van der Waals surface area contributed by atoms with Crippen LogP contribution in [0.15, 0.2) is 29.6 Å². The van der Waals surface area contributed by atoms with Crippen LogP contribution in [0.3, 0.4) is 0 Å². The highest BCUT2D eigenvalue weighted by Gasteiger charge is 2.24. The fourth-order valence-corrected chi connectivity index (χ4v) is 3.18. The van der Waals surface area contributed by atoms with Gasteiger partial charge in [0, 0.05) is 22.3 Å². The van der Waals surface area contributed by atoms with Crippen LogP contribution < -0.4 is 10.6 Å². The largest absolute Gasteiger partial charge is 0.394 e. The molecule has 0 aliphatic carbocycles. The summed E-state index contributed by atoms with van der Waals surface area (Å²) < 4.78 is 0. The van der Waals surface area contributed by atoms with Gasteiger partial charge in [-0.3, -0.25) is 0 Å². The predicted molar refractivity (Wildman–Crippen MR) is 94.8 cm³/mol. The maximum Gasteiger partial charge on any atom is 0.319 e. The van der Waals surface area contributed by atoms with E-state index in [9.17, 15) is 9.90 Å². The van der Waals surface area contributed by atoms with E-state index in [0.29, 0.717) is 5.69 Å². The molecule has 1 aromatic carbocycles. The summed E-state index contributed by atoms with van der Waals surface area (Å²) in [5.41, 5.74) is 2.05. The summed E-state index contributed by atoms with van der Waals surface area (Å²) in [5.74, 6) is 0. The number of benzene rings is 1. The van der Waals surface area contributed by atoms with Gasteiger partial charge in [-0.15, -0.1) is 11.3 Å². The van der Waals surface area contributed by atoms with Crippen molar-refractivity contribution in [3.8, 4) is 10.6 Å². The third kappa shape index (κ3) is 4.77. The monoisotopic (exact) mass is 333 g/mol. The molecule has 0 saturated carbocycles. The van der Waals surface area contributed by atoms with E-state index in [1.54, 1.807) is 11.3 Å². The Labute approximate surface area is 140 Å². The highest BCUT2D eigenvalue weighted by molar-refractivity contribution is 7.13. The first-order valence-electron chi connectivity index (χ1n) is 7.68. The minimum absolute atomic E-state index is 0.0906. The lowest BCUT2D eigenvalue weighted by Crippen LogP contribution is -2.50. The number of hydrogen-bond acceptors (Lipinski definition) is 4. The molecule has 3 N–H and O–H groups in total. The Morgan fingerprint density at radius 2 is 2.22 bits per heavy atom. The second-order valence-electron chi connectivity index (χ2n) is 5.92. The maximum atomic E-state index is 12.2. The molecular formula is C17H23N3O2S. The summed E-state index contributed by atoms with van der Waals surface area (Å²) in [6.07, 6.45) is 1.60. The molecule has 6 heteroatoms. The molecule has 23 heavy (non-hydrogen) atoms. The van der Waals surface area contributed by atoms with Crippen molar-refractivity contribution in [2.45, 2.75) is 39.2 Å². The highest BCUT2D eigenvalue weighted by atomic mass is 32.1. The summed E-state index contributed by atoms with van der Waals surface area (Å²) in [6, 6.07) is 7.27. The van der Waals surface area contributed by atoms with Gasteiger partial charge in [0.05, 0.1) is 12.1 Å². The average Bonchev–Trinajstić information content (AvgIpc) is 2.94. The van der Waals surface area contributed by atoms with E-state index >= 15 is 0 Å². The van der Waals surface area contributed by atoms with Crippen LogP contribution in [0.25, 0.3) is 10.6 Å². The number of aliphatic hydroxyl groups is 1. The zero-order valence-corrected chi connectivity index (χ0v) is 14.5. The van der Waals surface area contributed by atoms with Crippen molar-refractivity contribution in [1.82, 2.24) is 10.3 Å². The molecule has 2 amide bonds. The number of rotatable bonds is 6. The molecule has 0 bridgehead atoms. The van der Waals surface area contributed by atoms with Crippen LogP contribution in [-0.2, 0) is 0 Å². The summed E-state index contributed by atoms with van der Waals surface area (Å²) in [5, 5.41) is 18.1. The number of amides is 2. The molecule has 124 valence electrons. The van der Waals surface area contributed by atoms with E-state index in [1.165, 1.54) is 0 Å². The van der Waals surface area contributed by atoms with Crippen molar-refractivity contribution in [3.05, 3.63) is 35.3 Å². The van der Waals surface area contributed by atoms with Gasteiger partial charge in [0.2, 0.25) is 0 Å². The first-order valence-corrected chi connectivity index (χ1v) is 8.56. The number of thiazole rings is 1. The number of nitrogens with one attached hydrogen (secondary N) is 2. The van der Waals surface area contributed by atoms with Gasteiger partial charge < -0.3 is 15.7 Å². The van der Waals surface area contributed by atoms with Crippen LogP contribution in [0.5, 0.6) is 0 Å². The molecule has 0 aliphatic heterocycles. The van der Waals surface area contributed by atoms with E-state index in [-0.39, 0.29) is 12.6 Å². The lowest BCUT2D eigenvalue weighted by molar-refractivity contribution is 0.167. The Morgan fingerprint density at radius 1 is 1.43 bits per heavy atom. The number of carbonyl (C=O) groups is 1. The van der Waals surface area contributed by atoms with Crippen LogP contribution in [0.1, 0.15) is 32.4 Å². The normalized spacial score (nSPS) is 13.4. The molecule has 0 spiro atoms. The Morgan fingerprint density at radius 3 is 2.83 bits per heavy atom. The van der Waals surface area contributed by atoms with Crippen molar-refractivity contribution in [2.75, 3.05) is 11.9 Å². The zero-order chi connectivity index (χ0) is 16.9. The Bertz CT molecular complexity index is 671. The van der Waals surface area contributed by atoms with Crippen LogP contribution in [0, 0.1) is 6.92 Å². The molecule has 2 rings (SSSR count). The average molecular weight is 333 g/mol. The number of aliphatic hydroxyl groups excluding tert-OH is 1. The number of carbonyl (C=O) groups excluding carboxylic acids is 1. The quantitative estimate of drug-likeness (QED) is 0.753. The van der Waals surface area contributed by atoms with Crippen molar-refractivity contribution in [1.29, 1.82) is 0 Å². The first kappa shape index (κ1) is 17.4. The lowest BCUT2D eigenvalue weighted by Gasteiger charge is -2.28. The Hall–Kier alpha value is -1.92. The van der Waals surface area contributed by atoms with Gasteiger partial charge in [-0.25, -0.2) is 9.78 Å². The molecule has 5 nitrogen and oxygen atoms in total. The van der Waals surface area contributed by atoms with Crippen molar-refractivity contribution in [3.63, 3.8) is 0 Å². The number of aromatic nitrogens is 1. The fraction of sp³-hybridized carbons (Fsp3) is 0.412. The molecule has 0 aliphatic rings. The van der Waals surface area contributed by atoms with E-state index in [1.807, 2.05) is 50.4 Å². The van der Waals surface area contributed by atoms with Gasteiger partial charge >= 0.3 is 6.03 Å². The maximum absolute atomic E-state index is 12.2. The number of hydrogen-bond donors (Lipinski definition) is 3. The summed E-state index contributed by atoms with van der Waals surface area (Å²) in [6.45, 7) is 5.73. The highest BCUT2D eigenvalue weighted by Crippen LogP contribution is 2.25. The van der Waals surface area contributed by atoms with Crippen LogP contribution >= 0.6 is 11.3 Å². The van der Waals surface area contributed by atoms with E-state index in [0.717, 1.165) is 29.1 Å². The Balaban J connectivity index is 2.07. The minimum atomic E-state index is -0.608. The molecule has 1 atom stereocenters. The summed E-state index contributed by atoms with van der Waals surface area (Å²) in [4.78, 5) is 16.6. The fourth-order valence-electron chi connectivity index (χ4n) is 2.39. The van der Waals surface area contributed by atoms with Gasteiger partial charge in [-0.05, 0) is 32.4 Å². The molecule has 1 aromatic heterocycles. The van der Waals surface area contributed by atoms with Gasteiger partial charge in [0.25, 0.3) is 0 Å². The number of aryl methyl sites for hydroxylation is 1. The second kappa shape index (κ2) is 7.57.